The standard InChI is InChI=1S/C23H27N7O/c1-14-11-26-30-9-8-16(10-20(14)30)18-12-24-21-19(18)13-25-23(28-21)27-17-6-4-15(5-7-17)22(31)29(2)3/h8-13,15,17H,4-7H2,1-3H3,(H2,24,25,27,28). The van der Waals surface area contributed by atoms with E-state index in [-0.39, 0.29) is 11.8 Å². The van der Waals surface area contributed by atoms with Crippen molar-refractivity contribution in [1.29, 1.82) is 0 Å². The molecule has 0 radical (unpaired) electrons. The van der Waals surface area contributed by atoms with Crippen LogP contribution in [0.1, 0.15) is 31.2 Å². The summed E-state index contributed by atoms with van der Waals surface area (Å²) >= 11 is 0. The van der Waals surface area contributed by atoms with Crippen LogP contribution in [0.25, 0.3) is 27.7 Å². The molecule has 1 amide bonds. The lowest BCUT2D eigenvalue weighted by Crippen LogP contribution is -2.35. The van der Waals surface area contributed by atoms with E-state index < -0.39 is 0 Å². The molecule has 1 saturated carbocycles. The van der Waals surface area contributed by atoms with E-state index in [0.29, 0.717) is 12.0 Å². The summed E-state index contributed by atoms with van der Waals surface area (Å²) < 4.78 is 1.88. The fourth-order valence-electron chi connectivity index (χ4n) is 4.52. The number of rotatable bonds is 4. The van der Waals surface area contributed by atoms with Gasteiger partial charge in [0.15, 0.2) is 0 Å². The summed E-state index contributed by atoms with van der Waals surface area (Å²) in [6, 6.07) is 4.50. The molecule has 0 saturated heterocycles. The molecule has 1 fully saturated rings. The predicted octanol–water partition coefficient (Wildman–Crippen LogP) is 3.64. The van der Waals surface area contributed by atoms with Gasteiger partial charge in [0.2, 0.25) is 11.9 Å². The van der Waals surface area contributed by atoms with Crippen molar-refractivity contribution in [2.75, 3.05) is 19.4 Å². The molecule has 0 unspecified atom stereocenters. The van der Waals surface area contributed by atoms with Gasteiger partial charge in [-0.2, -0.15) is 10.1 Å². The van der Waals surface area contributed by atoms with Crippen LogP contribution in [0.15, 0.2) is 36.9 Å². The van der Waals surface area contributed by atoms with Crippen molar-refractivity contribution in [3.8, 4) is 11.1 Å². The average molecular weight is 418 g/mol. The third-order valence-corrected chi connectivity index (χ3v) is 6.31. The van der Waals surface area contributed by atoms with Gasteiger partial charge in [-0.15, -0.1) is 0 Å². The van der Waals surface area contributed by atoms with Crippen LogP contribution in [-0.4, -0.2) is 55.5 Å². The molecular weight excluding hydrogens is 390 g/mol. The lowest BCUT2D eigenvalue weighted by Gasteiger charge is -2.29. The molecule has 0 bridgehead atoms. The van der Waals surface area contributed by atoms with Gasteiger partial charge in [-0.05, 0) is 55.9 Å². The smallest absolute Gasteiger partial charge is 0.225 e. The maximum absolute atomic E-state index is 12.2. The van der Waals surface area contributed by atoms with Crippen LogP contribution in [0.4, 0.5) is 5.95 Å². The highest BCUT2D eigenvalue weighted by molar-refractivity contribution is 5.94. The van der Waals surface area contributed by atoms with E-state index in [0.717, 1.165) is 58.9 Å². The van der Waals surface area contributed by atoms with Crippen LogP contribution in [0.2, 0.25) is 0 Å². The van der Waals surface area contributed by atoms with Gasteiger partial charge >= 0.3 is 0 Å². The number of aromatic amines is 1. The van der Waals surface area contributed by atoms with Crippen molar-refractivity contribution in [2.45, 2.75) is 38.6 Å². The van der Waals surface area contributed by atoms with Gasteiger partial charge in [0.05, 0.1) is 11.7 Å². The second-order valence-electron chi connectivity index (χ2n) is 8.66. The summed E-state index contributed by atoms with van der Waals surface area (Å²) in [5.74, 6) is 1.00. The fourth-order valence-corrected chi connectivity index (χ4v) is 4.52. The number of aromatic nitrogens is 5. The normalized spacial score (nSPS) is 19.1. The maximum atomic E-state index is 12.2. The van der Waals surface area contributed by atoms with Gasteiger partial charge in [0.25, 0.3) is 0 Å². The second-order valence-corrected chi connectivity index (χ2v) is 8.66. The molecule has 4 heterocycles. The molecule has 8 nitrogen and oxygen atoms in total. The van der Waals surface area contributed by atoms with Crippen molar-refractivity contribution in [3.63, 3.8) is 0 Å². The molecule has 0 aliphatic heterocycles. The third kappa shape index (κ3) is 3.62. The zero-order valence-corrected chi connectivity index (χ0v) is 18.1. The number of nitrogens with one attached hydrogen (secondary N) is 2. The molecule has 5 rings (SSSR count). The molecule has 0 atom stereocenters. The Morgan fingerprint density at radius 2 is 2.03 bits per heavy atom. The minimum absolute atomic E-state index is 0.138. The van der Waals surface area contributed by atoms with Gasteiger partial charge in [-0.25, -0.2) is 9.50 Å². The molecule has 0 spiro atoms. The Morgan fingerprint density at radius 1 is 1.23 bits per heavy atom. The van der Waals surface area contributed by atoms with E-state index in [1.165, 1.54) is 0 Å². The first kappa shape index (κ1) is 19.5. The van der Waals surface area contributed by atoms with Crippen LogP contribution in [0.5, 0.6) is 0 Å². The Morgan fingerprint density at radius 3 is 2.81 bits per heavy atom. The highest BCUT2D eigenvalue weighted by Gasteiger charge is 2.27. The van der Waals surface area contributed by atoms with Gasteiger partial charge in [-0.3, -0.25) is 4.79 Å². The van der Waals surface area contributed by atoms with E-state index in [1.807, 2.05) is 43.4 Å². The van der Waals surface area contributed by atoms with Gasteiger partial charge in [-0.1, -0.05) is 0 Å². The molecule has 2 N–H and O–H groups in total. The van der Waals surface area contributed by atoms with Crippen LogP contribution in [-0.2, 0) is 4.79 Å². The number of hydrogen-bond acceptors (Lipinski definition) is 5. The van der Waals surface area contributed by atoms with Crippen molar-refractivity contribution >= 4 is 28.4 Å². The van der Waals surface area contributed by atoms with Crippen LogP contribution in [0, 0.1) is 12.8 Å². The summed E-state index contributed by atoms with van der Waals surface area (Å²) in [5.41, 5.74) is 5.23. The molecule has 160 valence electrons. The summed E-state index contributed by atoms with van der Waals surface area (Å²) in [6.45, 7) is 2.06. The monoisotopic (exact) mass is 417 g/mol. The minimum Gasteiger partial charge on any atom is -0.351 e. The van der Waals surface area contributed by atoms with E-state index in [4.69, 9.17) is 4.98 Å². The number of carbonyl (C=O) groups excluding carboxylic acids is 1. The first-order valence-electron chi connectivity index (χ1n) is 10.8. The number of carbonyl (C=O) groups is 1. The molecule has 4 aromatic heterocycles. The third-order valence-electron chi connectivity index (χ3n) is 6.31. The number of aryl methyl sites for hydroxylation is 1. The van der Waals surface area contributed by atoms with Gasteiger partial charge in [0.1, 0.15) is 5.65 Å². The van der Waals surface area contributed by atoms with Gasteiger partial charge in [0, 0.05) is 55.6 Å². The molecule has 1 aliphatic carbocycles. The first-order valence-corrected chi connectivity index (χ1v) is 10.8. The fraction of sp³-hybridized carbons (Fsp3) is 0.391. The van der Waals surface area contributed by atoms with Crippen LogP contribution in [0.3, 0.4) is 0 Å². The quantitative estimate of drug-likeness (QED) is 0.529. The van der Waals surface area contributed by atoms with E-state index >= 15 is 0 Å². The average Bonchev–Trinajstić information content (AvgIpc) is 3.36. The van der Waals surface area contributed by atoms with Crippen LogP contribution < -0.4 is 5.32 Å². The molecule has 4 aromatic rings. The van der Waals surface area contributed by atoms with E-state index in [2.05, 4.69) is 39.4 Å². The Balaban J connectivity index is 1.33. The number of H-pyrrole nitrogens is 1. The summed E-state index contributed by atoms with van der Waals surface area (Å²) in [4.78, 5) is 26.4. The number of hydrogen-bond donors (Lipinski definition) is 2. The highest BCUT2D eigenvalue weighted by Crippen LogP contribution is 2.30. The minimum atomic E-state index is 0.138. The summed E-state index contributed by atoms with van der Waals surface area (Å²) in [6.07, 6.45) is 11.4. The van der Waals surface area contributed by atoms with Crippen molar-refractivity contribution in [1.82, 2.24) is 29.5 Å². The topological polar surface area (TPSA) is 91.2 Å². The maximum Gasteiger partial charge on any atom is 0.225 e. The van der Waals surface area contributed by atoms with Gasteiger partial charge < -0.3 is 15.2 Å². The zero-order chi connectivity index (χ0) is 21.5. The van der Waals surface area contributed by atoms with Crippen molar-refractivity contribution in [3.05, 3.63) is 42.5 Å². The largest absolute Gasteiger partial charge is 0.351 e. The highest BCUT2D eigenvalue weighted by atomic mass is 16.2. The van der Waals surface area contributed by atoms with E-state index in [1.54, 1.807) is 4.90 Å². The Labute approximate surface area is 180 Å². The van der Waals surface area contributed by atoms with E-state index in [9.17, 15) is 4.79 Å². The number of fused-ring (bicyclic) bond motifs is 2. The SMILES string of the molecule is Cc1cnn2ccc(-c3c[nH]c4nc(NC5CCC(C(=O)N(C)C)CC5)ncc34)cc12. The molecule has 1 aliphatic rings. The van der Waals surface area contributed by atoms with Crippen LogP contribution >= 0.6 is 0 Å². The Kier molecular flexibility index (Phi) is 4.84. The number of amides is 1. The lowest BCUT2D eigenvalue weighted by atomic mass is 9.85. The number of nitrogens with zero attached hydrogens (tertiary/aromatic N) is 5. The number of anilines is 1. The second kappa shape index (κ2) is 7.68. The molecule has 31 heavy (non-hydrogen) atoms. The summed E-state index contributed by atoms with van der Waals surface area (Å²) in [7, 11) is 3.66. The Bertz CT molecular complexity index is 1250. The molecule has 0 aromatic carbocycles. The Hall–Kier alpha value is -3.42. The molecular formula is C23H27N7O. The zero-order valence-electron chi connectivity index (χ0n) is 18.1. The lowest BCUT2D eigenvalue weighted by molar-refractivity contribution is -0.133. The van der Waals surface area contributed by atoms with Crippen molar-refractivity contribution in [2.24, 2.45) is 5.92 Å². The first-order chi connectivity index (χ1) is 15.0. The number of pyridine rings is 1. The molecule has 8 heteroatoms. The summed E-state index contributed by atoms with van der Waals surface area (Å²) in [5, 5.41) is 8.80. The van der Waals surface area contributed by atoms with Crippen molar-refractivity contribution < 1.29 is 4.79 Å². The predicted molar refractivity (Wildman–Crippen MR) is 121 cm³/mol.